The number of amides is 1. The quantitative estimate of drug-likeness (QED) is 0.186. The number of hydrogen-bond acceptors (Lipinski definition) is 6. The fourth-order valence-electron chi connectivity index (χ4n) is 5.73. The summed E-state index contributed by atoms with van der Waals surface area (Å²) in [4.78, 5) is 17.0. The van der Waals surface area contributed by atoms with Gasteiger partial charge in [0.2, 0.25) is 0 Å². The Bertz CT molecular complexity index is 1670. The third kappa shape index (κ3) is 7.12. The fraction of sp³-hybridized carbons (Fsp3) is 0.364. The van der Waals surface area contributed by atoms with Crippen LogP contribution in [-0.4, -0.2) is 65.2 Å². The van der Waals surface area contributed by atoms with Gasteiger partial charge >= 0.3 is 16.6 Å². The number of nitrogens with zero attached hydrogens (tertiary/aromatic N) is 2. The molecule has 1 heterocycles. The number of hydrogen-bond donors (Lipinski definition) is 0. The van der Waals surface area contributed by atoms with E-state index in [1.165, 1.54) is 22.3 Å². The molecule has 43 heavy (non-hydrogen) atoms. The first-order valence-electron chi connectivity index (χ1n) is 14.4. The monoisotopic (exact) mass is 620 g/mol. The Morgan fingerprint density at radius 3 is 2.09 bits per heavy atom. The average molecular weight is 621 g/mol. The zero-order valence-electron chi connectivity index (χ0n) is 25.2. The second-order valence-electron chi connectivity index (χ2n) is 12.2. The lowest BCUT2D eigenvalue weighted by Crippen LogP contribution is -2.48. The van der Waals surface area contributed by atoms with Gasteiger partial charge in [0.1, 0.15) is 14.7 Å². The normalized spacial score (nSPS) is 15.3. The van der Waals surface area contributed by atoms with Crippen molar-refractivity contribution in [2.75, 3.05) is 32.8 Å². The van der Waals surface area contributed by atoms with Crippen molar-refractivity contribution in [1.29, 1.82) is 0 Å². The zero-order chi connectivity index (χ0) is 30.9. The molecule has 0 saturated carbocycles. The average Bonchev–Trinajstić information content (AvgIpc) is 3.28. The summed E-state index contributed by atoms with van der Waals surface area (Å²) in [5.74, 6) is 3.17. The van der Waals surface area contributed by atoms with Crippen LogP contribution in [0.25, 0.3) is 11.1 Å². The molecule has 1 amide bonds. The summed E-state index contributed by atoms with van der Waals surface area (Å²) in [5, 5.41) is 0. The Kier molecular flexibility index (Phi) is 8.70. The fourth-order valence-corrected chi connectivity index (χ4v) is 6.69. The number of piperazine rings is 1. The van der Waals surface area contributed by atoms with Gasteiger partial charge in [-0.25, -0.2) is 4.79 Å². The lowest BCUT2D eigenvalue weighted by Gasteiger charge is -2.34. The van der Waals surface area contributed by atoms with Crippen molar-refractivity contribution in [2.24, 2.45) is 0 Å². The van der Waals surface area contributed by atoms with Gasteiger partial charge in [0.25, 0.3) is 0 Å². The summed E-state index contributed by atoms with van der Waals surface area (Å²) in [7, 11) is -6.93. The number of halogens is 1. The number of ether oxygens (including phenoxy) is 1. The van der Waals surface area contributed by atoms with Crippen molar-refractivity contribution in [3.05, 3.63) is 88.0 Å². The van der Waals surface area contributed by atoms with Gasteiger partial charge in [0.05, 0.1) is 0 Å². The SMILES string of the molecule is Cc1c(C#C[Si](C)(C)C)cc(CN2CCN(C(=O)OCC3c4ccccc4-c4ccccc43)CC2)c(C)c1OS(=O)(=O)F. The van der Waals surface area contributed by atoms with Crippen molar-refractivity contribution >= 4 is 24.7 Å². The predicted octanol–water partition coefficient (Wildman–Crippen LogP) is 6.19. The van der Waals surface area contributed by atoms with E-state index in [0.29, 0.717) is 49.4 Å². The van der Waals surface area contributed by atoms with Crippen molar-refractivity contribution in [3.8, 4) is 28.3 Å². The summed E-state index contributed by atoms with van der Waals surface area (Å²) in [6.07, 6.45) is -0.333. The van der Waals surface area contributed by atoms with Crippen LogP contribution in [0.5, 0.6) is 5.75 Å². The van der Waals surface area contributed by atoms with E-state index in [-0.39, 0.29) is 24.4 Å². The summed E-state index contributed by atoms with van der Waals surface area (Å²) in [5.41, 5.74) is 10.5. The van der Waals surface area contributed by atoms with E-state index in [1.807, 2.05) is 30.3 Å². The highest BCUT2D eigenvalue weighted by molar-refractivity contribution is 7.81. The number of carbonyl (C=O) groups is 1. The molecule has 0 aromatic heterocycles. The molecule has 0 radical (unpaired) electrons. The minimum Gasteiger partial charge on any atom is -0.448 e. The van der Waals surface area contributed by atoms with E-state index in [4.69, 9.17) is 8.92 Å². The largest absolute Gasteiger partial charge is 0.488 e. The molecule has 7 nitrogen and oxygen atoms in total. The summed E-state index contributed by atoms with van der Waals surface area (Å²) < 4.78 is 47.1. The molecule has 3 aromatic rings. The Labute approximate surface area is 255 Å². The molecule has 0 atom stereocenters. The van der Waals surface area contributed by atoms with Gasteiger partial charge in [-0.3, -0.25) is 4.90 Å². The molecule has 0 spiro atoms. The molecule has 1 aliphatic heterocycles. The van der Waals surface area contributed by atoms with Crippen LogP contribution in [0.4, 0.5) is 8.68 Å². The smallest absolute Gasteiger partial charge is 0.448 e. The second-order valence-corrected chi connectivity index (χ2v) is 17.9. The molecule has 0 bridgehead atoms. The molecular weight excluding hydrogens is 584 g/mol. The molecular formula is C33H37FN2O5SSi. The molecule has 10 heteroatoms. The molecule has 3 aromatic carbocycles. The topological polar surface area (TPSA) is 76.2 Å². The molecule has 0 N–H and O–H groups in total. The highest BCUT2D eigenvalue weighted by atomic mass is 32.3. The lowest BCUT2D eigenvalue weighted by atomic mass is 9.98. The van der Waals surface area contributed by atoms with Gasteiger partial charge in [-0.05, 0) is 53.3 Å². The van der Waals surface area contributed by atoms with Crippen LogP contribution in [0.2, 0.25) is 19.6 Å². The minimum absolute atomic E-state index is 0.00458. The highest BCUT2D eigenvalue weighted by Crippen LogP contribution is 2.44. The van der Waals surface area contributed by atoms with E-state index >= 15 is 0 Å². The Morgan fingerprint density at radius 1 is 0.953 bits per heavy atom. The Hall–Kier alpha value is -3.65. The van der Waals surface area contributed by atoms with Crippen LogP contribution in [0.3, 0.4) is 0 Å². The van der Waals surface area contributed by atoms with Crippen LogP contribution < -0.4 is 4.18 Å². The molecule has 1 fully saturated rings. The first kappa shape index (κ1) is 30.8. The van der Waals surface area contributed by atoms with Crippen LogP contribution in [0.15, 0.2) is 54.6 Å². The maximum atomic E-state index is 13.6. The maximum Gasteiger partial charge on any atom is 0.488 e. The molecule has 5 rings (SSSR count). The predicted molar refractivity (Wildman–Crippen MR) is 169 cm³/mol. The van der Waals surface area contributed by atoms with E-state index in [1.54, 1.807) is 18.7 Å². The van der Waals surface area contributed by atoms with Gasteiger partial charge in [0, 0.05) is 49.8 Å². The van der Waals surface area contributed by atoms with Gasteiger partial charge in [-0.2, -0.15) is 8.42 Å². The van der Waals surface area contributed by atoms with Crippen molar-refractivity contribution in [3.63, 3.8) is 0 Å². The number of fused-ring (bicyclic) bond motifs is 3. The first-order valence-corrected chi connectivity index (χ1v) is 19.2. The second kappa shape index (κ2) is 12.2. The third-order valence-corrected chi connectivity index (χ3v) is 9.24. The Morgan fingerprint density at radius 2 is 1.53 bits per heavy atom. The van der Waals surface area contributed by atoms with Gasteiger partial charge in [-0.1, -0.05) is 78.0 Å². The number of rotatable bonds is 6. The van der Waals surface area contributed by atoms with Gasteiger partial charge in [-0.15, -0.1) is 5.54 Å². The summed E-state index contributed by atoms with van der Waals surface area (Å²) in [6.45, 7) is 12.7. The molecule has 1 aliphatic carbocycles. The van der Waals surface area contributed by atoms with E-state index in [0.717, 1.165) is 5.56 Å². The Balaban J connectivity index is 1.25. The van der Waals surface area contributed by atoms with E-state index in [2.05, 4.69) is 60.3 Å². The maximum absolute atomic E-state index is 13.6. The highest BCUT2D eigenvalue weighted by Gasteiger charge is 2.31. The molecule has 2 aliphatic rings. The lowest BCUT2D eigenvalue weighted by molar-refractivity contribution is 0.0728. The van der Waals surface area contributed by atoms with Gasteiger partial charge in [0.15, 0.2) is 5.75 Å². The molecule has 1 saturated heterocycles. The standard InChI is InChI=1S/C33H37FN2O5SSi/c1-23-25(14-19-43(3,4)5)20-26(24(2)32(23)41-42(34,38)39)21-35-15-17-36(18-16-35)33(37)40-22-31-29-12-8-6-10-27(29)28-11-7-9-13-30(28)31/h6-13,20,31H,15-18,21-22H2,1-5H3. The zero-order valence-corrected chi connectivity index (χ0v) is 27.1. The van der Waals surface area contributed by atoms with E-state index < -0.39 is 18.6 Å². The van der Waals surface area contributed by atoms with Crippen LogP contribution in [0.1, 0.15) is 39.3 Å². The molecule has 0 unspecified atom stereocenters. The third-order valence-electron chi connectivity index (χ3n) is 8.00. The van der Waals surface area contributed by atoms with Gasteiger partial charge < -0.3 is 13.8 Å². The summed E-state index contributed by atoms with van der Waals surface area (Å²) >= 11 is 0. The van der Waals surface area contributed by atoms with Crippen molar-refractivity contribution in [2.45, 2.75) is 46.0 Å². The van der Waals surface area contributed by atoms with Crippen LogP contribution in [0, 0.1) is 25.3 Å². The number of benzene rings is 3. The minimum atomic E-state index is -5.20. The summed E-state index contributed by atoms with van der Waals surface area (Å²) in [6, 6.07) is 18.4. The van der Waals surface area contributed by atoms with Crippen LogP contribution in [-0.2, 0) is 21.8 Å². The first-order chi connectivity index (χ1) is 20.3. The van der Waals surface area contributed by atoms with E-state index in [9.17, 15) is 17.1 Å². The van der Waals surface area contributed by atoms with Crippen LogP contribution >= 0.6 is 0 Å². The number of carbonyl (C=O) groups excluding carboxylic acids is 1. The van der Waals surface area contributed by atoms with Crippen molar-refractivity contribution < 1.29 is 26.0 Å². The molecule has 226 valence electrons. The van der Waals surface area contributed by atoms with Crippen molar-refractivity contribution in [1.82, 2.24) is 9.80 Å².